The molecule has 1 heterocycles. The van der Waals surface area contributed by atoms with E-state index in [-0.39, 0.29) is 23.9 Å². The fourth-order valence-electron chi connectivity index (χ4n) is 2.72. The highest BCUT2D eigenvalue weighted by molar-refractivity contribution is 6.04. The van der Waals surface area contributed by atoms with Crippen LogP contribution in [-0.2, 0) is 10.3 Å². The van der Waals surface area contributed by atoms with Gasteiger partial charge in [0.2, 0.25) is 0 Å². The molecule has 3 rings (SSSR count). The second-order valence-electron chi connectivity index (χ2n) is 6.03. The number of amides is 1. The number of aliphatic imine (C=N–C) groups is 1. The van der Waals surface area contributed by atoms with Gasteiger partial charge in [0, 0.05) is 29.7 Å². The third kappa shape index (κ3) is 3.53. The standard InChI is InChI=1S/C18H16FN3O4/c1-18(14-11-13(22(24)25)7-8-15(14)19)9-10-26-17(21-18)20-16(23)12-5-3-2-4-6-12/h2-8,11H,9-10H2,1H3,(H,20,21,23)/t18-/m0/s1. The second kappa shape index (κ2) is 6.91. The number of nitro benzene ring substituents is 1. The number of carbonyl (C=O) groups excluding carboxylic acids is 1. The number of rotatable bonds is 3. The number of nitrogens with zero attached hydrogens (tertiary/aromatic N) is 2. The molecule has 1 aliphatic rings. The summed E-state index contributed by atoms with van der Waals surface area (Å²) < 4.78 is 19.7. The molecule has 8 heteroatoms. The third-order valence-electron chi connectivity index (χ3n) is 4.17. The number of hydrogen-bond acceptors (Lipinski definition) is 5. The molecule has 0 aromatic heterocycles. The van der Waals surface area contributed by atoms with E-state index in [1.54, 1.807) is 37.3 Å². The summed E-state index contributed by atoms with van der Waals surface area (Å²) in [6.07, 6.45) is 0.315. The highest BCUT2D eigenvalue weighted by Crippen LogP contribution is 2.35. The van der Waals surface area contributed by atoms with Crippen LogP contribution in [0.15, 0.2) is 53.5 Å². The van der Waals surface area contributed by atoms with Crippen molar-refractivity contribution in [2.45, 2.75) is 18.9 Å². The number of benzene rings is 2. The molecule has 0 unspecified atom stereocenters. The summed E-state index contributed by atoms with van der Waals surface area (Å²) >= 11 is 0. The van der Waals surface area contributed by atoms with Crippen LogP contribution in [0.25, 0.3) is 0 Å². The Balaban J connectivity index is 1.90. The fourth-order valence-corrected chi connectivity index (χ4v) is 2.72. The van der Waals surface area contributed by atoms with Crippen LogP contribution in [0.4, 0.5) is 10.1 Å². The third-order valence-corrected chi connectivity index (χ3v) is 4.17. The van der Waals surface area contributed by atoms with E-state index in [1.807, 2.05) is 0 Å². The van der Waals surface area contributed by atoms with Gasteiger partial charge in [0.25, 0.3) is 17.6 Å². The van der Waals surface area contributed by atoms with Crippen molar-refractivity contribution in [1.29, 1.82) is 0 Å². The fraction of sp³-hybridized carbons (Fsp3) is 0.222. The SMILES string of the molecule is C[C@@]1(c2cc([N+](=O)[O-])ccc2F)CCOC(NC(=O)c2ccccc2)=N1. The summed E-state index contributed by atoms with van der Waals surface area (Å²) in [6.45, 7) is 1.83. The van der Waals surface area contributed by atoms with Crippen molar-refractivity contribution in [1.82, 2.24) is 5.32 Å². The maximum atomic E-state index is 14.3. The van der Waals surface area contributed by atoms with Gasteiger partial charge in [-0.3, -0.25) is 20.2 Å². The van der Waals surface area contributed by atoms with Crippen LogP contribution in [0, 0.1) is 15.9 Å². The molecule has 26 heavy (non-hydrogen) atoms. The molecular weight excluding hydrogens is 341 g/mol. The van der Waals surface area contributed by atoms with E-state index in [4.69, 9.17) is 4.74 Å². The van der Waals surface area contributed by atoms with Crippen molar-refractivity contribution in [3.63, 3.8) is 0 Å². The first-order valence-corrected chi connectivity index (χ1v) is 7.92. The number of amidine groups is 1. The number of nitro groups is 1. The van der Waals surface area contributed by atoms with Crippen molar-refractivity contribution < 1.29 is 18.8 Å². The van der Waals surface area contributed by atoms with E-state index in [2.05, 4.69) is 10.3 Å². The molecule has 134 valence electrons. The van der Waals surface area contributed by atoms with Crippen LogP contribution in [0.3, 0.4) is 0 Å². The predicted octanol–water partition coefficient (Wildman–Crippen LogP) is 3.16. The van der Waals surface area contributed by atoms with Crippen LogP contribution in [0.1, 0.15) is 29.3 Å². The summed E-state index contributed by atoms with van der Waals surface area (Å²) in [5.74, 6) is -1.01. The lowest BCUT2D eigenvalue weighted by atomic mass is 9.88. The van der Waals surface area contributed by atoms with E-state index in [0.29, 0.717) is 12.0 Å². The quantitative estimate of drug-likeness (QED) is 0.674. The molecule has 1 atom stereocenters. The smallest absolute Gasteiger partial charge is 0.292 e. The monoisotopic (exact) mass is 357 g/mol. The largest absolute Gasteiger partial charge is 0.465 e. The van der Waals surface area contributed by atoms with Crippen molar-refractivity contribution in [2.24, 2.45) is 4.99 Å². The first-order chi connectivity index (χ1) is 12.4. The maximum absolute atomic E-state index is 14.3. The van der Waals surface area contributed by atoms with E-state index in [1.165, 1.54) is 6.07 Å². The van der Waals surface area contributed by atoms with E-state index in [9.17, 15) is 19.3 Å². The van der Waals surface area contributed by atoms with Crippen LogP contribution < -0.4 is 5.32 Å². The Morgan fingerprint density at radius 3 is 2.73 bits per heavy atom. The van der Waals surface area contributed by atoms with Crippen LogP contribution >= 0.6 is 0 Å². The number of hydrogen-bond donors (Lipinski definition) is 1. The van der Waals surface area contributed by atoms with Gasteiger partial charge in [0.1, 0.15) is 5.82 Å². The van der Waals surface area contributed by atoms with E-state index < -0.39 is 22.2 Å². The lowest BCUT2D eigenvalue weighted by Crippen LogP contribution is -2.40. The first-order valence-electron chi connectivity index (χ1n) is 7.92. The molecule has 0 aliphatic carbocycles. The molecule has 1 aliphatic heterocycles. The zero-order chi connectivity index (χ0) is 18.7. The summed E-state index contributed by atoms with van der Waals surface area (Å²) in [5, 5.41) is 13.5. The van der Waals surface area contributed by atoms with Gasteiger partial charge < -0.3 is 4.74 Å². The van der Waals surface area contributed by atoms with Gasteiger partial charge in [-0.15, -0.1) is 0 Å². The van der Waals surface area contributed by atoms with Gasteiger partial charge in [-0.25, -0.2) is 9.38 Å². The van der Waals surface area contributed by atoms with E-state index >= 15 is 0 Å². The van der Waals surface area contributed by atoms with Crippen molar-refractivity contribution in [3.8, 4) is 0 Å². The van der Waals surface area contributed by atoms with Crippen molar-refractivity contribution in [3.05, 3.63) is 75.6 Å². The molecular formula is C18H16FN3O4. The number of halogens is 1. The van der Waals surface area contributed by atoms with Gasteiger partial charge in [0.05, 0.1) is 17.1 Å². The Kier molecular flexibility index (Phi) is 4.66. The van der Waals surface area contributed by atoms with Gasteiger partial charge in [-0.1, -0.05) is 18.2 Å². The molecule has 0 bridgehead atoms. The summed E-state index contributed by atoms with van der Waals surface area (Å²) in [5.41, 5.74) is -0.804. The average Bonchev–Trinajstić information content (AvgIpc) is 2.62. The minimum absolute atomic E-state index is 0.0430. The minimum Gasteiger partial charge on any atom is -0.465 e. The lowest BCUT2D eigenvalue weighted by Gasteiger charge is -2.31. The first kappa shape index (κ1) is 17.5. The van der Waals surface area contributed by atoms with Crippen molar-refractivity contribution in [2.75, 3.05) is 6.61 Å². The molecule has 0 saturated heterocycles. The summed E-state index contributed by atoms with van der Waals surface area (Å²) in [4.78, 5) is 26.9. The Morgan fingerprint density at radius 1 is 1.31 bits per heavy atom. The van der Waals surface area contributed by atoms with Gasteiger partial charge in [-0.05, 0) is 25.1 Å². The molecule has 7 nitrogen and oxygen atoms in total. The lowest BCUT2D eigenvalue weighted by molar-refractivity contribution is -0.385. The molecule has 1 N–H and O–H groups in total. The van der Waals surface area contributed by atoms with Crippen molar-refractivity contribution >= 4 is 17.6 Å². The van der Waals surface area contributed by atoms with Crippen LogP contribution in [0.5, 0.6) is 0 Å². The maximum Gasteiger partial charge on any atom is 0.292 e. The Labute approximate surface area is 148 Å². The molecule has 1 amide bonds. The highest BCUT2D eigenvalue weighted by atomic mass is 19.1. The van der Waals surface area contributed by atoms with Crippen LogP contribution in [0.2, 0.25) is 0 Å². The molecule has 0 saturated carbocycles. The van der Waals surface area contributed by atoms with Crippen LogP contribution in [-0.4, -0.2) is 23.5 Å². The minimum atomic E-state index is -1.09. The molecule has 0 spiro atoms. The number of nitrogens with one attached hydrogen (secondary N) is 1. The number of non-ortho nitro benzene ring substituents is 1. The van der Waals surface area contributed by atoms with Gasteiger partial charge >= 0.3 is 0 Å². The summed E-state index contributed by atoms with van der Waals surface area (Å²) in [7, 11) is 0. The Hall–Kier alpha value is -3.29. The molecule has 0 radical (unpaired) electrons. The number of ether oxygens (including phenoxy) is 1. The zero-order valence-electron chi connectivity index (χ0n) is 13.9. The van der Waals surface area contributed by atoms with Gasteiger partial charge in [-0.2, -0.15) is 0 Å². The topological polar surface area (TPSA) is 93.8 Å². The Bertz CT molecular complexity index is 885. The summed E-state index contributed by atoms with van der Waals surface area (Å²) in [6, 6.07) is 11.8. The second-order valence-corrected chi connectivity index (χ2v) is 6.03. The highest BCUT2D eigenvalue weighted by Gasteiger charge is 2.35. The zero-order valence-corrected chi connectivity index (χ0v) is 13.9. The molecule has 2 aromatic carbocycles. The molecule has 2 aromatic rings. The Morgan fingerprint density at radius 2 is 2.04 bits per heavy atom. The normalized spacial score (nSPS) is 19.2. The van der Waals surface area contributed by atoms with E-state index in [0.717, 1.165) is 12.1 Å². The average molecular weight is 357 g/mol. The number of carbonyl (C=O) groups is 1. The van der Waals surface area contributed by atoms with Gasteiger partial charge in [0.15, 0.2) is 0 Å². The molecule has 0 fully saturated rings. The predicted molar refractivity (Wildman–Crippen MR) is 92.3 cm³/mol.